The third-order valence-corrected chi connectivity index (χ3v) is 6.32. The van der Waals surface area contributed by atoms with Gasteiger partial charge in [0.25, 0.3) is 0 Å². The Labute approximate surface area is 171 Å². The van der Waals surface area contributed by atoms with Crippen LogP contribution in [-0.4, -0.2) is 23.6 Å². The van der Waals surface area contributed by atoms with Gasteiger partial charge >= 0.3 is 5.51 Å². The number of alkyl halides is 3. The molecule has 0 amide bonds. The van der Waals surface area contributed by atoms with E-state index in [2.05, 4.69) is 0 Å². The van der Waals surface area contributed by atoms with Gasteiger partial charge in [-0.25, -0.2) is 17.2 Å². The quantitative estimate of drug-likeness (QED) is 0.261. The normalized spacial score (nSPS) is 11.7. The van der Waals surface area contributed by atoms with Gasteiger partial charge < -0.3 is 9.66 Å². The predicted octanol–water partition coefficient (Wildman–Crippen LogP) is 4.82. The molecular weight excluding hydrogens is 451 g/mol. The molecule has 4 nitrogen and oxygen atoms in total. The first-order chi connectivity index (χ1) is 13.9. The van der Waals surface area contributed by atoms with Crippen LogP contribution >= 0.6 is 0 Å². The minimum atomic E-state index is -6.09. The van der Waals surface area contributed by atoms with E-state index >= 15 is 0 Å². The smallest absolute Gasteiger partial charge is 0.485 e. The van der Waals surface area contributed by atoms with E-state index in [0.29, 0.717) is 9.79 Å². The van der Waals surface area contributed by atoms with E-state index in [9.17, 15) is 27.1 Å². The van der Waals surface area contributed by atoms with Gasteiger partial charge in [-0.3, -0.25) is 0 Å². The largest absolute Gasteiger partial charge is 0.741 e. The molecule has 160 valence electrons. The first-order valence-corrected chi connectivity index (χ1v) is 10.6. The van der Waals surface area contributed by atoms with Crippen LogP contribution in [0.25, 0.3) is 0 Å². The van der Waals surface area contributed by atoms with Crippen LogP contribution in [0.1, 0.15) is 0 Å². The van der Waals surface area contributed by atoms with Gasteiger partial charge in [-0.1, -0.05) is 24.3 Å². The minimum Gasteiger partial charge on any atom is -0.741 e. The summed E-state index contributed by atoms with van der Waals surface area (Å²) in [5.74, 6) is -0.626. The molecule has 0 radical (unpaired) electrons. The van der Waals surface area contributed by atoms with Gasteiger partial charge in [-0.05, 0) is 48.5 Å². The summed E-state index contributed by atoms with van der Waals surface area (Å²) in [6, 6.07) is 19.2. The molecule has 11 heteroatoms. The Hall–Kier alpha value is -2.63. The highest BCUT2D eigenvalue weighted by Gasteiger charge is 2.37. The predicted molar refractivity (Wildman–Crippen MR) is 98.8 cm³/mol. The fraction of sp³-hybridized carbons (Fsp3) is 0.0526. The number of aromatic hydroxyl groups is 1. The Morgan fingerprint density at radius 3 is 1.47 bits per heavy atom. The lowest BCUT2D eigenvalue weighted by Gasteiger charge is -2.09. The number of phenolic OH excluding ortho intramolecular Hbond substituents is 1. The third kappa shape index (κ3) is 5.94. The molecule has 1 N–H and O–H groups in total. The molecule has 0 fully saturated rings. The summed E-state index contributed by atoms with van der Waals surface area (Å²) in [6.07, 6.45) is 0. The van der Waals surface area contributed by atoms with Crippen molar-refractivity contribution in [3.63, 3.8) is 0 Å². The molecule has 0 atom stereocenters. The van der Waals surface area contributed by atoms with Crippen LogP contribution in [0.5, 0.6) is 5.75 Å². The van der Waals surface area contributed by atoms with Crippen molar-refractivity contribution in [2.24, 2.45) is 0 Å². The fourth-order valence-corrected chi connectivity index (χ4v) is 4.28. The average molecular weight is 464 g/mol. The van der Waals surface area contributed by atoms with E-state index in [1.165, 1.54) is 24.3 Å². The number of hydrogen-bond acceptors (Lipinski definition) is 4. The van der Waals surface area contributed by atoms with Crippen molar-refractivity contribution in [1.82, 2.24) is 0 Å². The van der Waals surface area contributed by atoms with Crippen molar-refractivity contribution in [2.45, 2.75) is 20.2 Å². The standard InChI is InChI=1S/C18H12F2OS.CHF3O3S/c19-15-5-1-3-7-17(15)22(14-11-9-13(21)10-12-14)18-8-4-2-6-16(18)20;2-1(3,4)8(5,6)7/h1-12H;(H,5,6,7). The highest BCUT2D eigenvalue weighted by atomic mass is 32.2. The summed E-state index contributed by atoms with van der Waals surface area (Å²) in [6.45, 7) is 0. The van der Waals surface area contributed by atoms with Crippen molar-refractivity contribution >= 4 is 21.0 Å². The summed E-state index contributed by atoms with van der Waals surface area (Å²) in [5.41, 5.74) is -5.65. The minimum absolute atomic E-state index is 0.120. The highest BCUT2D eigenvalue weighted by molar-refractivity contribution is 7.97. The molecule has 3 aromatic carbocycles. The zero-order valence-electron chi connectivity index (χ0n) is 14.8. The molecule has 30 heavy (non-hydrogen) atoms. The third-order valence-electron chi connectivity index (χ3n) is 3.47. The second-order valence-corrected chi connectivity index (χ2v) is 8.90. The van der Waals surface area contributed by atoms with Crippen molar-refractivity contribution in [2.75, 3.05) is 0 Å². The molecule has 0 aliphatic heterocycles. The van der Waals surface area contributed by atoms with Gasteiger partial charge in [0.2, 0.25) is 9.79 Å². The lowest BCUT2D eigenvalue weighted by atomic mass is 10.3. The molecule has 0 bridgehead atoms. The fourth-order valence-electron chi connectivity index (χ4n) is 2.18. The lowest BCUT2D eigenvalue weighted by molar-refractivity contribution is -0.0517. The average Bonchev–Trinajstić information content (AvgIpc) is 2.65. The molecule has 3 aromatic rings. The number of rotatable bonds is 3. The number of benzene rings is 3. The van der Waals surface area contributed by atoms with Crippen LogP contribution in [0.15, 0.2) is 87.5 Å². The van der Waals surface area contributed by atoms with Gasteiger partial charge in [0, 0.05) is 0 Å². The molecule has 0 heterocycles. The van der Waals surface area contributed by atoms with Crippen LogP contribution in [0.2, 0.25) is 0 Å². The van der Waals surface area contributed by atoms with Crippen LogP contribution in [0.4, 0.5) is 22.0 Å². The van der Waals surface area contributed by atoms with E-state index in [1.54, 1.807) is 48.5 Å². The molecule has 0 spiro atoms. The van der Waals surface area contributed by atoms with Crippen molar-refractivity contribution in [1.29, 1.82) is 0 Å². The molecule has 0 saturated heterocycles. The van der Waals surface area contributed by atoms with Gasteiger partial charge in [0.1, 0.15) is 16.6 Å². The van der Waals surface area contributed by atoms with E-state index in [1.807, 2.05) is 0 Å². The Morgan fingerprint density at radius 1 is 0.767 bits per heavy atom. The first-order valence-electron chi connectivity index (χ1n) is 7.96. The second kappa shape index (κ2) is 9.45. The van der Waals surface area contributed by atoms with Gasteiger partial charge in [0.15, 0.2) is 26.6 Å². The number of phenols is 1. The zero-order valence-corrected chi connectivity index (χ0v) is 16.4. The Balaban J connectivity index is 0.000000343. The van der Waals surface area contributed by atoms with Crippen molar-refractivity contribution in [3.8, 4) is 5.75 Å². The van der Waals surface area contributed by atoms with E-state index in [-0.39, 0.29) is 17.4 Å². The highest BCUT2D eigenvalue weighted by Crippen LogP contribution is 2.34. The number of halogens is 5. The Kier molecular flexibility index (Phi) is 7.45. The summed E-state index contributed by atoms with van der Waals surface area (Å²) in [5, 5.41) is 9.44. The maximum atomic E-state index is 14.3. The Morgan fingerprint density at radius 2 is 1.13 bits per heavy atom. The summed E-state index contributed by atoms with van der Waals surface area (Å²) < 4.78 is 87.4. The first kappa shape index (κ1) is 23.6. The zero-order chi connectivity index (χ0) is 22.5. The summed E-state index contributed by atoms with van der Waals surface area (Å²) in [4.78, 5) is 1.60. The van der Waals surface area contributed by atoms with E-state index < -0.39 is 26.5 Å². The van der Waals surface area contributed by atoms with Gasteiger partial charge in [-0.2, -0.15) is 13.2 Å². The molecule has 0 unspecified atom stereocenters. The SMILES string of the molecule is O=S(=O)([O-])C(F)(F)F.Oc1ccc([S+](c2ccccc2F)c2ccccc2F)cc1. The topological polar surface area (TPSA) is 77.4 Å². The monoisotopic (exact) mass is 464 g/mol. The lowest BCUT2D eigenvalue weighted by Crippen LogP contribution is -2.21. The molecule has 0 aromatic heterocycles. The van der Waals surface area contributed by atoms with Crippen LogP contribution in [0.3, 0.4) is 0 Å². The van der Waals surface area contributed by atoms with Gasteiger partial charge in [0.05, 0.1) is 0 Å². The molecular formula is C19H13F5O4S2. The maximum Gasteiger partial charge on any atom is 0.485 e. The van der Waals surface area contributed by atoms with Crippen LogP contribution in [-0.2, 0) is 21.0 Å². The van der Waals surface area contributed by atoms with Gasteiger partial charge in [-0.15, -0.1) is 0 Å². The van der Waals surface area contributed by atoms with Crippen LogP contribution < -0.4 is 0 Å². The number of hydrogen-bond donors (Lipinski definition) is 1. The van der Waals surface area contributed by atoms with E-state index in [0.717, 1.165) is 4.90 Å². The van der Waals surface area contributed by atoms with Crippen molar-refractivity contribution in [3.05, 3.63) is 84.4 Å². The molecule has 0 aliphatic carbocycles. The van der Waals surface area contributed by atoms with Crippen molar-refractivity contribution < 1.29 is 40.0 Å². The second-order valence-electron chi connectivity index (χ2n) is 5.56. The Bertz CT molecular complexity index is 1050. The molecule has 0 aliphatic rings. The molecule has 0 saturated carbocycles. The van der Waals surface area contributed by atoms with Crippen LogP contribution in [0, 0.1) is 11.6 Å². The summed E-state index contributed by atoms with van der Waals surface area (Å²) >= 11 is 0. The van der Waals surface area contributed by atoms with E-state index in [4.69, 9.17) is 13.0 Å². The molecule has 3 rings (SSSR count). The summed E-state index contributed by atoms with van der Waals surface area (Å²) in [7, 11) is -7.00. The maximum absolute atomic E-state index is 14.3.